The first-order chi connectivity index (χ1) is 10.7. The number of benzene rings is 1. The summed E-state index contributed by atoms with van der Waals surface area (Å²) in [5, 5.41) is 0. The van der Waals surface area contributed by atoms with E-state index in [4.69, 9.17) is 4.74 Å². The van der Waals surface area contributed by atoms with Crippen molar-refractivity contribution in [2.75, 3.05) is 20.8 Å². The van der Waals surface area contributed by atoms with Crippen molar-refractivity contribution in [1.82, 2.24) is 4.90 Å². The van der Waals surface area contributed by atoms with Crippen LogP contribution in [0.3, 0.4) is 0 Å². The fourth-order valence-corrected chi connectivity index (χ4v) is 2.90. The van der Waals surface area contributed by atoms with Gasteiger partial charge in [0.25, 0.3) is 5.91 Å². The van der Waals surface area contributed by atoms with E-state index in [0.29, 0.717) is 17.9 Å². The minimum absolute atomic E-state index is 0.0466. The number of methoxy groups -OCH3 is 2. The third-order valence-electron chi connectivity index (χ3n) is 4.13. The molecule has 0 radical (unpaired) electrons. The van der Waals surface area contributed by atoms with E-state index in [1.807, 2.05) is 11.0 Å². The van der Waals surface area contributed by atoms with Crippen LogP contribution in [0.15, 0.2) is 24.3 Å². The van der Waals surface area contributed by atoms with E-state index < -0.39 is 0 Å². The SMILES string of the molecule is COC(=O)CCN(C(=O)c1cccc(OC)c1)C1CCCC1. The molecule has 0 bridgehead atoms. The third kappa shape index (κ3) is 4.00. The Bertz CT molecular complexity index is 523. The van der Waals surface area contributed by atoms with Crippen molar-refractivity contribution in [3.63, 3.8) is 0 Å². The summed E-state index contributed by atoms with van der Waals surface area (Å²) in [7, 11) is 2.95. The topological polar surface area (TPSA) is 55.8 Å². The molecule has 1 aliphatic carbocycles. The second-order valence-electron chi connectivity index (χ2n) is 5.49. The van der Waals surface area contributed by atoms with Crippen LogP contribution in [-0.2, 0) is 9.53 Å². The lowest BCUT2D eigenvalue weighted by atomic mass is 10.1. The molecule has 0 heterocycles. The third-order valence-corrected chi connectivity index (χ3v) is 4.13. The van der Waals surface area contributed by atoms with E-state index in [1.165, 1.54) is 7.11 Å². The minimum atomic E-state index is -0.290. The van der Waals surface area contributed by atoms with Gasteiger partial charge in [-0.25, -0.2) is 0 Å². The second-order valence-corrected chi connectivity index (χ2v) is 5.49. The van der Waals surface area contributed by atoms with Gasteiger partial charge in [0, 0.05) is 18.2 Å². The molecule has 1 aliphatic rings. The fraction of sp³-hybridized carbons (Fsp3) is 0.529. The molecule has 0 spiro atoms. The van der Waals surface area contributed by atoms with Crippen LogP contribution in [0.25, 0.3) is 0 Å². The summed E-state index contributed by atoms with van der Waals surface area (Å²) in [5.41, 5.74) is 0.594. The molecule has 5 nitrogen and oxygen atoms in total. The first-order valence-corrected chi connectivity index (χ1v) is 7.67. The van der Waals surface area contributed by atoms with Crippen LogP contribution in [0.5, 0.6) is 5.75 Å². The number of carbonyl (C=O) groups excluding carboxylic acids is 2. The van der Waals surface area contributed by atoms with Crippen molar-refractivity contribution in [2.45, 2.75) is 38.1 Å². The van der Waals surface area contributed by atoms with E-state index in [0.717, 1.165) is 25.7 Å². The monoisotopic (exact) mass is 305 g/mol. The Morgan fingerprint density at radius 1 is 1.23 bits per heavy atom. The molecule has 0 aromatic heterocycles. The van der Waals surface area contributed by atoms with Crippen molar-refractivity contribution in [3.05, 3.63) is 29.8 Å². The summed E-state index contributed by atoms with van der Waals surface area (Å²) in [6.45, 7) is 0.396. The van der Waals surface area contributed by atoms with E-state index in [1.54, 1.807) is 25.3 Å². The molecule has 0 saturated heterocycles. The molecule has 0 unspecified atom stereocenters. The number of hydrogen-bond donors (Lipinski definition) is 0. The van der Waals surface area contributed by atoms with Crippen LogP contribution >= 0.6 is 0 Å². The number of amides is 1. The maximum absolute atomic E-state index is 12.8. The lowest BCUT2D eigenvalue weighted by Gasteiger charge is -2.29. The van der Waals surface area contributed by atoms with Crippen LogP contribution < -0.4 is 4.74 Å². The standard InChI is InChI=1S/C17H23NO4/c1-21-15-9-5-6-13(12-15)17(20)18(11-10-16(19)22-2)14-7-3-4-8-14/h5-6,9,12,14H,3-4,7-8,10-11H2,1-2H3. The number of ether oxygens (including phenoxy) is 2. The van der Waals surface area contributed by atoms with Crippen molar-refractivity contribution >= 4 is 11.9 Å². The highest BCUT2D eigenvalue weighted by molar-refractivity contribution is 5.95. The highest BCUT2D eigenvalue weighted by atomic mass is 16.5. The molecule has 120 valence electrons. The lowest BCUT2D eigenvalue weighted by molar-refractivity contribution is -0.140. The number of esters is 1. The Hall–Kier alpha value is -2.04. The predicted octanol–water partition coefficient (Wildman–Crippen LogP) is 2.64. The van der Waals surface area contributed by atoms with Gasteiger partial charge in [-0.3, -0.25) is 9.59 Å². The molecular formula is C17H23NO4. The van der Waals surface area contributed by atoms with Crippen LogP contribution in [0.1, 0.15) is 42.5 Å². The van der Waals surface area contributed by atoms with Gasteiger partial charge in [0.05, 0.1) is 20.6 Å². The number of rotatable bonds is 6. The van der Waals surface area contributed by atoms with Crippen LogP contribution in [0, 0.1) is 0 Å². The smallest absolute Gasteiger partial charge is 0.307 e. The fourth-order valence-electron chi connectivity index (χ4n) is 2.90. The number of hydrogen-bond acceptors (Lipinski definition) is 4. The van der Waals surface area contributed by atoms with Crippen molar-refractivity contribution in [2.24, 2.45) is 0 Å². The summed E-state index contributed by atoms with van der Waals surface area (Å²) >= 11 is 0. The molecular weight excluding hydrogens is 282 g/mol. The molecule has 1 amide bonds. The molecule has 1 aromatic rings. The normalized spacial score (nSPS) is 14.6. The molecule has 0 atom stereocenters. The zero-order chi connectivity index (χ0) is 15.9. The molecule has 1 aromatic carbocycles. The molecule has 0 aliphatic heterocycles. The molecule has 1 saturated carbocycles. The van der Waals surface area contributed by atoms with E-state index in [-0.39, 0.29) is 24.3 Å². The van der Waals surface area contributed by atoms with E-state index >= 15 is 0 Å². The maximum Gasteiger partial charge on any atom is 0.307 e. The summed E-state index contributed by atoms with van der Waals surface area (Å²) in [6.07, 6.45) is 4.48. The largest absolute Gasteiger partial charge is 0.497 e. The second kappa shape index (κ2) is 7.82. The minimum Gasteiger partial charge on any atom is -0.497 e. The van der Waals surface area contributed by atoms with Gasteiger partial charge in [-0.15, -0.1) is 0 Å². The Balaban J connectivity index is 2.15. The molecule has 1 fully saturated rings. The average Bonchev–Trinajstić information content (AvgIpc) is 3.08. The average molecular weight is 305 g/mol. The van der Waals surface area contributed by atoms with Gasteiger partial charge in [0.2, 0.25) is 0 Å². The highest BCUT2D eigenvalue weighted by Gasteiger charge is 2.28. The van der Waals surface area contributed by atoms with Gasteiger partial charge in [-0.1, -0.05) is 18.9 Å². The van der Waals surface area contributed by atoms with Crippen molar-refractivity contribution < 1.29 is 19.1 Å². The van der Waals surface area contributed by atoms with Gasteiger partial charge in [0.15, 0.2) is 0 Å². The maximum atomic E-state index is 12.8. The van der Waals surface area contributed by atoms with Gasteiger partial charge < -0.3 is 14.4 Å². The molecule has 2 rings (SSSR count). The van der Waals surface area contributed by atoms with Gasteiger partial charge in [0.1, 0.15) is 5.75 Å². The van der Waals surface area contributed by atoms with Crippen molar-refractivity contribution in [3.8, 4) is 5.75 Å². The first-order valence-electron chi connectivity index (χ1n) is 7.67. The summed E-state index contributed by atoms with van der Waals surface area (Å²) in [6, 6.07) is 7.35. The summed E-state index contributed by atoms with van der Waals surface area (Å²) in [5.74, 6) is 0.321. The zero-order valence-corrected chi connectivity index (χ0v) is 13.2. The molecule has 22 heavy (non-hydrogen) atoms. The number of nitrogens with zero attached hydrogens (tertiary/aromatic N) is 1. The first kappa shape index (κ1) is 16.3. The Labute approximate surface area is 131 Å². The summed E-state index contributed by atoms with van der Waals surface area (Å²) < 4.78 is 9.87. The predicted molar refractivity (Wildman–Crippen MR) is 82.9 cm³/mol. The zero-order valence-electron chi connectivity index (χ0n) is 13.2. The molecule has 0 N–H and O–H groups in total. The quantitative estimate of drug-likeness (QED) is 0.758. The number of carbonyl (C=O) groups is 2. The van der Waals surface area contributed by atoms with E-state index in [9.17, 15) is 9.59 Å². The Morgan fingerprint density at radius 2 is 1.95 bits per heavy atom. The van der Waals surface area contributed by atoms with Gasteiger partial charge >= 0.3 is 5.97 Å². The van der Waals surface area contributed by atoms with Crippen LogP contribution in [0.4, 0.5) is 0 Å². The highest BCUT2D eigenvalue weighted by Crippen LogP contribution is 2.26. The Morgan fingerprint density at radius 3 is 2.59 bits per heavy atom. The lowest BCUT2D eigenvalue weighted by Crippen LogP contribution is -2.40. The van der Waals surface area contributed by atoms with Crippen LogP contribution in [-0.4, -0.2) is 43.6 Å². The van der Waals surface area contributed by atoms with E-state index in [2.05, 4.69) is 4.74 Å². The van der Waals surface area contributed by atoms with Gasteiger partial charge in [-0.05, 0) is 31.0 Å². The summed E-state index contributed by atoms with van der Waals surface area (Å²) in [4.78, 5) is 26.0. The molecule has 5 heteroatoms. The van der Waals surface area contributed by atoms with Crippen molar-refractivity contribution in [1.29, 1.82) is 0 Å². The van der Waals surface area contributed by atoms with Gasteiger partial charge in [-0.2, -0.15) is 0 Å². The Kier molecular flexibility index (Phi) is 5.81. The van der Waals surface area contributed by atoms with Crippen LogP contribution in [0.2, 0.25) is 0 Å².